The molecule has 20 heavy (non-hydrogen) atoms. The zero-order chi connectivity index (χ0) is 14.1. The van der Waals surface area contributed by atoms with Gasteiger partial charge in [0.05, 0.1) is 0 Å². The summed E-state index contributed by atoms with van der Waals surface area (Å²) in [5, 5.41) is 0. The molecular weight excluding hydrogens is 244 g/mol. The van der Waals surface area contributed by atoms with Crippen molar-refractivity contribution in [1.29, 1.82) is 0 Å². The van der Waals surface area contributed by atoms with Crippen LogP contribution in [0.2, 0.25) is 0 Å². The van der Waals surface area contributed by atoms with Gasteiger partial charge in [0.25, 0.3) is 0 Å². The van der Waals surface area contributed by atoms with E-state index in [9.17, 15) is 4.79 Å². The van der Waals surface area contributed by atoms with Gasteiger partial charge in [0.2, 0.25) is 0 Å². The lowest BCUT2D eigenvalue weighted by Gasteiger charge is -2.56. The van der Waals surface area contributed by atoms with Gasteiger partial charge in [0.15, 0.2) is 5.78 Å². The molecule has 4 aliphatic carbocycles. The molecule has 1 heteroatoms. The Morgan fingerprint density at radius 3 is 2.65 bits per heavy atom. The number of ketones is 1. The number of rotatable bonds is 0. The van der Waals surface area contributed by atoms with Gasteiger partial charge in [0, 0.05) is 5.41 Å². The second kappa shape index (κ2) is 4.21. The number of hydrogen-bond donors (Lipinski definition) is 0. The van der Waals surface area contributed by atoms with Gasteiger partial charge in [-0.2, -0.15) is 0 Å². The van der Waals surface area contributed by atoms with Gasteiger partial charge in [-0.25, -0.2) is 0 Å². The van der Waals surface area contributed by atoms with E-state index in [1.165, 1.54) is 44.9 Å². The summed E-state index contributed by atoms with van der Waals surface area (Å²) in [6.07, 6.45) is 9.20. The highest BCUT2D eigenvalue weighted by Gasteiger charge is 2.64. The molecular formula is C19H28O. The molecule has 4 unspecified atom stereocenters. The Labute approximate surface area is 123 Å². The van der Waals surface area contributed by atoms with Crippen LogP contribution in [-0.4, -0.2) is 5.78 Å². The summed E-state index contributed by atoms with van der Waals surface area (Å²) in [7, 11) is 0. The Bertz CT molecular complexity index is 464. The van der Waals surface area contributed by atoms with E-state index in [4.69, 9.17) is 0 Å². The second-order valence-corrected chi connectivity index (χ2v) is 8.25. The van der Waals surface area contributed by atoms with Gasteiger partial charge < -0.3 is 0 Å². The minimum absolute atomic E-state index is 0.0121. The van der Waals surface area contributed by atoms with Crippen LogP contribution in [0.25, 0.3) is 0 Å². The molecule has 0 radical (unpaired) electrons. The first-order chi connectivity index (χ1) is 9.57. The van der Waals surface area contributed by atoms with Gasteiger partial charge in [-0.05, 0) is 73.2 Å². The van der Waals surface area contributed by atoms with E-state index in [-0.39, 0.29) is 5.41 Å². The standard InChI is InChI=1S/C19H28O/c1-11-5-4-6-16-14(11)9-10-19-13(3)15(7-8-17(16)19)12(2)18(19)20/h11,13-17H,2,4-10H2,1,3H3/t11-,13?,14?,15-,16?,17?,19+/m0/s1. The van der Waals surface area contributed by atoms with Crippen LogP contribution < -0.4 is 0 Å². The number of carbonyl (C=O) groups is 1. The molecule has 0 heterocycles. The maximum Gasteiger partial charge on any atom is 0.165 e. The summed E-state index contributed by atoms with van der Waals surface area (Å²) in [5.41, 5.74) is 1.00. The largest absolute Gasteiger partial charge is 0.294 e. The fourth-order valence-corrected chi connectivity index (χ4v) is 6.93. The smallest absolute Gasteiger partial charge is 0.165 e. The zero-order valence-corrected chi connectivity index (χ0v) is 13.0. The fraction of sp³-hybridized carbons (Fsp3) is 0.842. The first-order valence-corrected chi connectivity index (χ1v) is 8.81. The summed E-state index contributed by atoms with van der Waals surface area (Å²) in [6.45, 7) is 9.00. The first kappa shape index (κ1) is 13.1. The molecule has 0 aromatic heterocycles. The maximum atomic E-state index is 13.0. The molecule has 4 aliphatic rings. The van der Waals surface area contributed by atoms with Crippen molar-refractivity contribution in [3.8, 4) is 0 Å². The van der Waals surface area contributed by atoms with E-state index < -0.39 is 0 Å². The summed E-state index contributed by atoms with van der Waals surface area (Å²) in [6, 6.07) is 0. The third-order valence-corrected chi connectivity index (χ3v) is 7.91. The van der Waals surface area contributed by atoms with Crippen molar-refractivity contribution in [3.05, 3.63) is 12.2 Å². The molecule has 110 valence electrons. The normalized spacial score (nSPS) is 54.5. The molecule has 1 spiro atoms. The quantitative estimate of drug-likeness (QED) is 0.588. The second-order valence-electron chi connectivity index (χ2n) is 8.25. The van der Waals surface area contributed by atoms with Crippen LogP contribution in [0.3, 0.4) is 0 Å². The van der Waals surface area contributed by atoms with E-state index >= 15 is 0 Å². The van der Waals surface area contributed by atoms with Crippen molar-refractivity contribution in [2.75, 3.05) is 0 Å². The predicted molar refractivity (Wildman–Crippen MR) is 81.2 cm³/mol. The minimum atomic E-state index is 0.0121. The van der Waals surface area contributed by atoms with Gasteiger partial charge in [-0.1, -0.05) is 33.3 Å². The molecule has 0 aromatic carbocycles. The predicted octanol–water partition coefficient (Wildman–Crippen LogP) is 4.62. The van der Waals surface area contributed by atoms with E-state index in [0.29, 0.717) is 23.5 Å². The lowest BCUT2D eigenvalue weighted by atomic mass is 9.47. The van der Waals surface area contributed by atoms with Crippen molar-refractivity contribution >= 4 is 5.78 Å². The topological polar surface area (TPSA) is 17.1 Å². The number of fused-ring (bicyclic) bond motifs is 3. The van der Waals surface area contributed by atoms with E-state index in [1.807, 2.05) is 0 Å². The van der Waals surface area contributed by atoms with Crippen LogP contribution >= 0.6 is 0 Å². The Kier molecular flexibility index (Phi) is 2.76. The van der Waals surface area contributed by atoms with Crippen LogP contribution in [0, 0.1) is 40.9 Å². The van der Waals surface area contributed by atoms with Crippen LogP contribution in [-0.2, 0) is 4.79 Å². The molecule has 4 rings (SSSR count). The summed E-state index contributed by atoms with van der Waals surface area (Å²) in [4.78, 5) is 13.0. The minimum Gasteiger partial charge on any atom is -0.294 e. The SMILES string of the molecule is C=C1C(=O)[C@@]23CCC4C(CCC[C@@H]4C)C2CC[C@@H]1C3C. The van der Waals surface area contributed by atoms with Crippen LogP contribution in [0.1, 0.15) is 58.8 Å². The van der Waals surface area contributed by atoms with Gasteiger partial charge in [-0.15, -0.1) is 0 Å². The zero-order valence-electron chi connectivity index (χ0n) is 13.0. The van der Waals surface area contributed by atoms with Crippen LogP contribution in [0.15, 0.2) is 12.2 Å². The number of carbonyl (C=O) groups excluding carboxylic acids is 1. The number of allylic oxidation sites excluding steroid dienone is 1. The van der Waals surface area contributed by atoms with Crippen molar-refractivity contribution in [2.45, 2.75) is 58.8 Å². The summed E-state index contributed by atoms with van der Waals surface area (Å²) in [5.74, 6) is 4.88. The maximum absolute atomic E-state index is 13.0. The Balaban J connectivity index is 1.76. The van der Waals surface area contributed by atoms with E-state index in [2.05, 4.69) is 20.4 Å². The number of Topliss-reactive ketones (excluding diaryl/α,β-unsaturated/α-hetero) is 1. The Hall–Kier alpha value is -0.590. The number of hydrogen-bond acceptors (Lipinski definition) is 1. The van der Waals surface area contributed by atoms with E-state index in [0.717, 1.165) is 23.3 Å². The van der Waals surface area contributed by atoms with E-state index in [1.54, 1.807) is 0 Å². The monoisotopic (exact) mass is 272 g/mol. The van der Waals surface area contributed by atoms with Crippen molar-refractivity contribution in [3.63, 3.8) is 0 Å². The highest BCUT2D eigenvalue weighted by molar-refractivity contribution is 6.03. The Morgan fingerprint density at radius 1 is 1.05 bits per heavy atom. The highest BCUT2D eigenvalue weighted by atomic mass is 16.1. The van der Waals surface area contributed by atoms with Crippen LogP contribution in [0.5, 0.6) is 0 Å². The molecule has 0 saturated heterocycles. The highest BCUT2D eigenvalue weighted by Crippen LogP contribution is 2.67. The van der Waals surface area contributed by atoms with Gasteiger partial charge in [-0.3, -0.25) is 4.79 Å². The van der Waals surface area contributed by atoms with Crippen LogP contribution in [0.4, 0.5) is 0 Å². The molecule has 0 aromatic rings. The lowest BCUT2D eigenvalue weighted by molar-refractivity contribution is -0.142. The molecule has 4 saturated carbocycles. The molecule has 4 fully saturated rings. The molecule has 0 N–H and O–H groups in total. The van der Waals surface area contributed by atoms with Crippen molar-refractivity contribution < 1.29 is 4.79 Å². The molecule has 0 aliphatic heterocycles. The van der Waals surface area contributed by atoms with Gasteiger partial charge in [0.1, 0.15) is 0 Å². The average molecular weight is 272 g/mol. The lowest BCUT2D eigenvalue weighted by Crippen LogP contribution is -2.52. The Morgan fingerprint density at radius 2 is 1.85 bits per heavy atom. The molecule has 0 amide bonds. The first-order valence-electron chi connectivity index (χ1n) is 8.81. The van der Waals surface area contributed by atoms with Crippen molar-refractivity contribution in [1.82, 2.24) is 0 Å². The average Bonchev–Trinajstić information content (AvgIpc) is 2.57. The molecule has 1 nitrogen and oxygen atoms in total. The third-order valence-electron chi connectivity index (χ3n) is 7.91. The summed E-state index contributed by atoms with van der Waals surface area (Å²) >= 11 is 0. The third kappa shape index (κ3) is 1.37. The van der Waals surface area contributed by atoms with Crippen molar-refractivity contribution in [2.24, 2.45) is 40.9 Å². The fourth-order valence-electron chi connectivity index (χ4n) is 6.93. The molecule has 2 bridgehead atoms. The summed E-state index contributed by atoms with van der Waals surface area (Å²) < 4.78 is 0. The van der Waals surface area contributed by atoms with Gasteiger partial charge >= 0.3 is 0 Å². The molecule has 7 atom stereocenters.